The zero-order chi connectivity index (χ0) is 11.3. The molecule has 0 saturated heterocycles. The fourth-order valence-electron chi connectivity index (χ4n) is 5.32. The smallest absolute Gasteiger partial charge is 0.00133 e. The maximum absolute atomic E-state index is 2.45. The summed E-state index contributed by atoms with van der Waals surface area (Å²) >= 11 is 0. The van der Waals surface area contributed by atoms with Crippen molar-refractivity contribution in [3.8, 4) is 0 Å². The second-order valence-electron chi connectivity index (χ2n) is 6.52. The van der Waals surface area contributed by atoms with E-state index < -0.39 is 0 Å². The van der Waals surface area contributed by atoms with Crippen LogP contribution in [0.5, 0.6) is 0 Å². The molecule has 0 heteroatoms. The molecule has 0 heterocycles. The van der Waals surface area contributed by atoms with Crippen molar-refractivity contribution < 1.29 is 0 Å². The van der Waals surface area contributed by atoms with Crippen LogP contribution in [0.1, 0.15) is 56.1 Å². The molecule has 3 atom stereocenters. The van der Waals surface area contributed by atoms with E-state index in [4.69, 9.17) is 0 Å². The van der Waals surface area contributed by atoms with Gasteiger partial charge in [0.25, 0.3) is 0 Å². The molecule has 0 amide bonds. The molecule has 0 nitrogen and oxygen atoms in total. The van der Waals surface area contributed by atoms with E-state index in [0.717, 1.165) is 11.8 Å². The van der Waals surface area contributed by atoms with E-state index in [1.54, 1.807) is 11.1 Å². The van der Waals surface area contributed by atoms with E-state index in [0.29, 0.717) is 5.41 Å². The predicted molar refractivity (Wildman–Crippen MR) is 71.1 cm³/mol. The molecule has 3 aliphatic carbocycles. The van der Waals surface area contributed by atoms with Gasteiger partial charge in [-0.25, -0.2) is 0 Å². The Morgan fingerprint density at radius 3 is 2.82 bits per heavy atom. The van der Waals surface area contributed by atoms with Gasteiger partial charge in [-0.1, -0.05) is 43.5 Å². The molecule has 2 saturated carbocycles. The van der Waals surface area contributed by atoms with Crippen LogP contribution >= 0.6 is 0 Å². The zero-order valence-electron chi connectivity index (χ0n) is 10.6. The van der Waals surface area contributed by atoms with Gasteiger partial charge < -0.3 is 0 Å². The van der Waals surface area contributed by atoms with Gasteiger partial charge >= 0.3 is 0 Å². The molecule has 1 aromatic carbocycles. The highest BCUT2D eigenvalue weighted by Crippen LogP contribution is 2.58. The molecule has 3 aliphatic rings. The molecular weight excluding hydrogens is 204 g/mol. The number of hydrogen-bond acceptors (Lipinski definition) is 0. The lowest BCUT2D eigenvalue weighted by Crippen LogP contribution is -2.49. The molecule has 2 bridgehead atoms. The van der Waals surface area contributed by atoms with Gasteiger partial charge in [0, 0.05) is 0 Å². The molecule has 1 aromatic rings. The van der Waals surface area contributed by atoms with Crippen LogP contribution in [0.25, 0.3) is 0 Å². The van der Waals surface area contributed by atoms with E-state index in [2.05, 4.69) is 24.3 Å². The zero-order valence-corrected chi connectivity index (χ0v) is 10.6. The molecule has 4 rings (SSSR count). The van der Waals surface area contributed by atoms with Gasteiger partial charge in [0.05, 0.1) is 0 Å². The summed E-state index contributed by atoms with van der Waals surface area (Å²) in [6, 6.07) is 9.37. The van der Waals surface area contributed by atoms with Gasteiger partial charge in [0.1, 0.15) is 0 Å². The average Bonchev–Trinajstić information content (AvgIpc) is 2.39. The first-order valence-electron chi connectivity index (χ1n) is 7.48. The maximum Gasteiger partial charge on any atom is -0.00133 e. The third kappa shape index (κ3) is 1.30. The third-order valence-corrected chi connectivity index (χ3v) is 5.90. The molecule has 0 radical (unpaired) electrons. The molecule has 0 unspecified atom stereocenters. The predicted octanol–water partition coefficient (Wildman–Crippen LogP) is 4.47. The van der Waals surface area contributed by atoms with Crippen molar-refractivity contribution in [2.75, 3.05) is 0 Å². The topological polar surface area (TPSA) is 0 Å². The highest BCUT2D eigenvalue weighted by molar-refractivity contribution is 5.40. The summed E-state index contributed by atoms with van der Waals surface area (Å²) in [7, 11) is 0. The minimum absolute atomic E-state index is 0.607. The normalized spacial score (nSPS) is 39.3. The Balaban J connectivity index is 1.90. The van der Waals surface area contributed by atoms with Gasteiger partial charge in [-0.15, -0.1) is 0 Å². The van der Waals surface area contributed by atoms with Gasteiger partial charge in [-0.05, 0) is 60.5 Å². The molecule has 2 fully saturated rings. The molecule has 0 spiro atoms. The molecule has 90 valence electrons. The summed E-state index contributed by atoms with van der Waals surface area (Å²) < 4.78 is 0. The quantitative estimate of drug-likeness (QED) is 0.612. The Kier molecular flexibility index (Phi) is 2.16. The number of benzene rings is 1. The highest BCUT2D eigenvalue weighted by atomic mass is 14.5. The minimum atomic E-state index is 0.607. The first kappa shape index (κ1) is 10.2. The average molecular weight is 226 g/mol. The lowest BCUT2D eigenvalue weighted by Gasteiger charge is -2.55. The van der Waals surface area contributed by atoms with E-state index in [1.165, 1.54) is 51.4 Å². The van der Waals surface area contributed by atoms with E-state index in [1.807, 2.05) is 0 Å². The van der Waals surface area contributed by atoms with Crippen molar-refractivity contribution in [1.29, 1.82) is 0 Å². The van der Waals surface area contributed by atoms with Crippen molar-refractivity contribution in [2.24, 2.45) is 11.8 Å². The summed E-state index contributed by atoms with van der Waals surface area (Å²) in [6.45, 7) is 0. The van der Waals surface area contributed by atoms with Crippen LogP contribution in [-0.4, -0.2) is 0 Å². The Hall–Kier alpha value is -0.780. The van der Waals surface area contributed by atoms with Gasteiger partial charge in [0.15, 0.2) is 0 Å². The Labute approximate surface area is 104 Å². The number of hydrogen-bond donors (Lipinski definition) is 0. The lowest BCUT2D eigenvalue weighted by molar-refractivity contribution is 0.0523. The SMILES string of the molecule is c1ccc2c(c1)C[C@@H]1CCC[C@]23CCCC[C@H]13. The summed E-state index contributed by atoms with van der Waals surface area (Å²) in [5.74, 6) is 2.04. The summed E-state index contributed by atoms with van der Waals surface area (Å²) in [6.07, 6.45) is 11.8. The molecular formula is C17H22. The monoisotopic (exact) mass is 226 g/mol. The second-order valence-corrected chi connectivity index (χ2v) is 6.52. The van der Waals surface area contributed by atoms with Gasteiger partial charge in [0.2, 0.25) is 0 Å². The number of rotatable bonds is 0. The first-order valence-corrected chi connectivity index (χ1v) is 7.48. The summed E-state index contributed by atoms with van der Waals surface area (Å²) in [4.78, 5) is 0. The van der Waals surface area contributed by atoms with Crippen molar-refractivity contribution in [2.45, 2.75) is 56.8 Å². The molecule has 0 aromatic heterocycles. The molecule has 0 aliphatic heterocycles. The van der Waals surface area contributed by atoms with E-state index in [-0.39, 0.29) is 0 Å². The van der Waals surface area contributed by atoms with Crippen LogP contribution in [-0.2, 0) is 11.8 Å². The van der Waals surface area contributed by atoms with Crippen molar-refractivity contribution >= 4 is 0 Å². The Morgan fingerprint density at radius 2 is 1.82 bits per heavy atom. The van der Waals surface area contributed by atoms with Crippen LogP contribution in [0.3, 0.4) is 0 Å². The third-order valence-electron chi connectivity index (χ3n) is 5.90. The fraction of sp³-hybridized carbons (Fsp3) is 0.647. The van der Waals surface area contributed by atoms with Crippen LogP contribution in [0.15, 0.2) is 24.3 Å². The molecule has 17 heavy (non-hydrogen) atoms. The largest absolute Gasteiger partial charge is 0.0620 e. The van der Waals surface area contributed by atoms with E-state index in [9.17, 15) is 0 Å². The number of fused-ring (bicyclic) bond motifs is 1. The van der Waals surface area contributed by atoms with Gasteiger partial charge in [-0.2, -0.15) is 0 Å². The van der Waals surface area contributed by atoms with Crippen molar-refractivity contribution in [3.63, 3.8) is 0 Å². The standard InChI is InChI=1S/C17H22/c1-2-8-15-13(6-1)12-14-7-5-11-17(15)10-4-3-9-16(14)17/h1-2,6,8,14,16H,3-5,7,9-12H2/t14-,16+,17+/m0/s1. The van der Waals surface area contributed by atoms with Crippen LogP contribution in [0.4, 0.5) is 0 Å². The first-order chi connectivity index (χ1) is 8.40. The summed E-state index contributed by atoms with van der Waals surface area (Å²) in [5.41, 5.74) is 4.05. The van der Waals surface area contributed by atoms with Crippen LogP contribution in [0, 0.1) is 11.8 Å². The van der Waals surface area contributed by atoms with Crippen molar-refractivity contribution in [3.05, 3.63) is 35.4 Å². The molecule has 0 N–H and O–H groups in total. The van der Waals surface area contributed by atoms with Crippen molar-refractivity contribution in [1.82, 2.24) is 0 Å². The summed E-state index contributed by atoms with van der Waals surface area (Å²) in [5, 5.41) is 0. The minimum Gasteiger partial charge on any atom is -0.0620 e. The van der Waals surface area contributed by atoms with Gasteiger partial charge in [-0.3, -0.25) is 0 Å². The van der Waals surface area contributed by atoms with Crippen LogP contribution in [0.2, 0.25) is 0 Å². The Morgan fingerprint density at radius 1 is 0.941 bits per heavy atom. The van der Waals surface area contributed by atoms with E-state index >= 15 is 0 Å². The Bertz CT molecular complexity index is 429. The maximum atomic E-state index is 2.45. The second kappa shape index (κ2) is 3.60. The fourth-order valence-corrected chi connectivity index (χ4v) is 5.32. The van der Waals surface area contributed by atoms with Crippen LogP contribution < -0.4 is 0 Å². The lowest BCUT2D eigenvalue weighted by atomic mass is 9.49. The highest BCUT2D eigenvalue weighted by Gasteiger charge is 2.50.